The van der Waals surface area contributed by atoms with Crippen molar-refractivity contribution in [1.29, 1.82) is 0 Å². The Labute approximate surface area is 108 Å². The fraction of sp³-hybridized carbons (Fsp3) is 0.500. The van der Waals surface area contributed by atoms with Gasteiger partial charge in [-0.15, -0.1) is 10.2 Å². The maximum atomic E-state index is 11.9. The van der Waals surface area contributed by atoms with Gasteiger partial charge in [0.25, 0.3) is 5.56 Å². The van der Waals surface area contributed by atoms with Crippen molar-refractivity contribution in [3.8, 4) is 0 Å². The van der Waals surface area contributed by atoms with Crippen LogP contribution in [-0.2, 0) is 20.6 Å². The molecule has 2 aromatic rings. The summed E-state index contributed by atoms with van der Waals surface area (Å²) < 4.78 is 2.45. The Morgan fingerprint density at radius 1 is 1.42 bits per heavy atom. The van der Waals surface area contributed by atoms with Gasteiger partial charge in [0, 0.05) is 32.4 Å². The maximum Gasteiger partial charge on any atom is 0.330 e. The Balaban J connectivity index is 2.17. The van der Waals surface area contributed by atoms with E-state index in [-0.39, 0.29) is 17.3 Å². The summed E-state index contributed by atoms with van der Waals surface area (Å²) in [7, 11) is 3.06. The average Bonchev–Trinajstić information content (AvgIpc) is 2.92. The fourth-order valence-electron chi connectivity index (χ4n) is 1.71. The molecule has 9 nitrogen and oxygen atoms in total. The number of nitrogens with one attached hydrogen (secondary N) is 2. The topological polar surface area (TPSA) is 110 Å². The number of hydrogen-bond donors (Lipinski definition) is 2. The highest BCUT2D eigenvalue weighted by Gasteiger charge is 2.12. The van der Waals surface area contributed by atoms with Crippen LogP contribution in [0.1, 0.15) is 24.4 Å². The molecule has 0 aliphatic rings. The predicted molar refractivity (Wildman–Crippen MR) is 66.4 cm³/mol. The van der Waals surface area contributed by atoms with E-state index >= 15 is 0 Å². The summed E-state index contributed by atoms with van der Waals surface area (Å²) >= 11 is 0. The second kappa shape index (κ2) is 5.14. The van der Waals surface area contributed by atoms with Gasteiger partial charge >= 0.3 is 5.69 Å². The second-order valence-corrected chi connectivity index (χ2v) is 4.28. The van der Waals surface area contributed by atoms with Crippen molar-refractivity contribution in [2.24, 2.45) is 14.1 Å². The highest BCUT2D eigenvalue weighted by Crippen LogP contribution is 2.03. The number of H-pyrrole nitrogens is 1. The van der Waals surface area contributed by atoms with E-state index in [0.717, 1.165) is 4.57 Å². The minimum Gasteiger partial charge on any atom is -0.303 e. The van der Waals surface area contributed by atoms with Crippen molar-refractivity contribution in [3.63, 3.8) is 0 Å². The van der Waals surface area contributed by atoms with E-state index in [2.05, 4.69) is 25.9 Å². The lowest BCUT2D eigenvalue weighted by Crippen LogP contribution is -2.39. The van der Waals surface area contributed by atoms with Gasteiger partial charge in [-0.25, -0.2) is 4.79 Å². The van der Waals surface area contributed by atoms with Gasteiger partial charge in [-0.2, -0.15) is 5.21 Å². The zero-order valence-electron chi connectivity index (χ0n) is 10.9. The first-order valence-electron chi connectivity index (χ1n) is 5.73. The molecule has 0 radical (unpaired) electrons. The molecule has 102 valence electrons. The van der Waals surface area contributed by atoms with Gasteiger partial charge in [-0.05, 0) is 6.92 Å². The standard InChI is InChI=1S/C10H15N7O2/c1-6(8-12-14-15-13-8)11-4-7-5-16(2)10(19)17(3)9(7)18/h5-6,11H,4H2,1-3H3,(H,12,13,14,15). The minimum atomic E-state index is -0.347. The normalized spacial score (nSPS) is 12.6. The number of nitrogens with zero attached hydrogens (tertiary/aromatic N) is 5. The van der Waals surface area contributed by atoms with Crippen LogP contribution in [0.15, 0.2) is 15.8 Å². The number of rotatable bonds is 4. The third-order valence-electron chi connectivity index (χ3n) is 2.87. The van der Waals surface area contributed by atoms with Crippen molar-refractivity contribution in [1.82, 2.24) is 35.1 Å². The van der Waals surface area contributed by atoms with Gasteiger partial charge < -0.3 is 9.88 Å². The molecule has 9 heteroatoms. The zero-order valence-corrected chi connectivity index (χ0v) is 10.9. The van der Waals surface area contributed by atoms with Gasteiger partial charge in [0.2, 0.25) is 0 Å². The Morgan fingerprint density at radius 2 is 2.16 bits per heavy atom. The monoisotopic (exact) mass is 265 g/mol. The summed E-state index contributed by atoms with van der Waals surface area (Å²) in [5, 5.41) is 16.6. The van der Waals surface area contributed by atoms with Crippen LogP contribution in [-0.4, -0.2) is 29.8 Å². The molecule has 2 N–H and O–H groups in total. The molecule has 0 saturated heterocycles. The van der Waals surface area contributed by atoms with Gasteiger partial charge in [-0.3, -0.25) is 9.36 Å². The summed E-state index contributed by atoms with van der Waals surface area (Å²) in [6.45, 7) is 2.17. The third kappa shape index (κ3) is 2.60. The van der Waals surface area contributed by atoms with E-state index in [4.69, 9.17) is 0 Å². The number of aromatic amines is 1. The van der Waals surface area contributed by atoms with Crippen molar-refractivity contribution in [2.75, 3.05) is 0 Å². The molecule has 0 saturated carbocycles. The molecule has 0 fully saturated rings. The van der Waals surface area contributed by atoms with E-state index in [0.29, 0.717) is 17.9 Å². The molecule has 0 aliphatic carbocycles. The zero-order chi connectivity index (χ0) is 14.0. The molecular weight excluding hydrogens is 250 g/mol. The van der Waals surface area contributed by atoms with E-state index in [1.54, 1.807) is 7.05 Å². The predicted octanol–water partition coefficient (Wildman–Crippen LogP) is -1.55. The van der Waals surface area contributed by atoms with Crippen LogP contribution in [0.5, 0.6) is 0 Å². The molecule has 1 atom stereocenters. The molecule has 0 aromatic carbocycles. The first kappa shape index (κ1) is 13.1. The molecule has 1 unspecified atom stereocenters. The fourth-order valence-corrected chi connectivity index (χ4v) is 1.71. The van der Waals surface area contributed by atoms with Crippen molar-refractivity contribution in [3.05, 3.63) is 38.4 Å². The number of aromatic nitrogens is 6. The van der Waals surface area contributed by atoms with Crippen LogP contribution in [0.25, 0.3) is 0 Å². The molecule has 2 aromatic heterocycles. The summed E-state index contributed by atoms with van der Waals surface area (Å²) in [6.07, 6.45) is 1.53. The summed E-state index contributed by atoms with van der Waals surface area (Å²) in [5.74, 6) is 0.515. The molecule has 2 heterocycles. The van der Waals surface area contributed by atoms with Crippen LogP contribution in [0.4, 0.5) is 0 Å². The number of aryl methyl sites for hydroxylation is 1. The average molecular weight is 265 g/mol. The lowest BCUT2D eigenvalue weighted by molar-refractivity contribution is 0.535. The summed E-state index contributed by atoms with van der Waals surface area (Å²) in [4.78, 5) is 23.4. The van der Waals surface area contributed by atoms with Crippen LogP contribution in [0.3, 0.4) is 0 Å². The molecule has 0 bridgehead atoms. The van der Waals surface area contributed by atoms with Crippen LogP contribution < -0.4 is 16.6 Å². The molecule has 0 aliphatic heterocycles. The molecule has 2 rings (SSSR count). The smallest absolute Gasteiger partial charge is 0.303 e. The van der Waals surface area contributed by atoms with Gasteiger partial charge in [0.1, 0.15) is 0 Å². The molecule has 0 spiro atoms. The maximum absolute atomic E-state index is 11.9. The molecule has 19 heavy (non-hydrogen) atoms. The first-order valence-corrected chi connectivity index (χ1v) is 5.73. The second-order valence-electron chi connectivity index (χ2n) is 4.28. The SMILES string of the molecule is CC(NCc1cn(C)c(=O)n(C)c1=O)c1nn[nH]n1. The van der Waals surface area contributed by atoms with E-state index in [1.165, 1.54) is 17.8 Å². The lowest BCUT2D eigenvalue weighted by Gasteiger charge is -2.11. The van der Waals surface area contributed by atoms with Crippen molar-refractivity contribution < 1.29 is 0 Å². The largest absolute Gasteiger partial charge is 0.330 e. The number of hydrogen-bond acceptors (Lipinski definition) is 6. The summed E-state index contributed by atoms with van der Waals surface area (Å²) in [6, 6.07) is -0.152. The van der Waals surface area contributed by atoms with E-state index in [9.17, 15) is 9.59 Å². The Kier molecular flexibility index (Phi) is 3.56. The third-order valence-corrected chi connectivity index (χ3v) is 2.87. The van der Waals surface area contributed by atoms with Crippen LogP contribution >= 0.6 is 0 Å². The number of tetrazole rings is 1. The lowest BCUT2D eigenvalue weighted by atomic mass is 10.2. The Hall–Kier alpha value is -2.29. The van der Waals surface area contributed by atoms with Gasteiger partial charge in [0.05, 0.1) is 6.04 Å². The Morgan fingerprint density at radius 3 is 2.79 bits per heavy atom. The molecular formula is C10H15N7O2. The highest BCUT2D eigenvalue weighted by atomic mass is 16.2. The highest BCUT2D eigenvalue weighted by molar-refractivity contribution is 5.05. The first-order chi connectivity index (χ1) is 9.00. The minimum absolute atomic E-state index is 0.152. The van der Waals surface area contributed by atoms with E-state index < -0.39 is 0 Å². The van der Waals surface area contributed by atoms with Gasteiger partial charge in [0.15, 0.2) is 5.82 Å². The quantitative estimate of drug-likeness (QED) is 0.692. The van der Waals surface area contributed by atoms with Crippen LogP contribution in [0.2, 0.25) is 0 Å². The van der Waals surface area contributed by atoms with Gasteiger partial charge in [-0.1, -0.05) is 5.21 Å². The summed E-state index contributed by atoms with van der Waals surface area (Å²) in [5.41, 5.74) is -0.157. The van der Waals surface area contributed by atoms with Crippen molar-refractivity contribution >= 4 is 0 Å². The van der Waals surface area contributed by atoms with Crippen molar-refractivity contribution in [2.45, 2.75) is 19.5 Å². The van der Waals surface area contributed by atoms with Crippen LogP contribution in [0, 0.1) is 0 Å². The molecule has 0 amide bonds. The Bertz CT molecular complexity index is 670. The van der Waals surface area contributed by atoms with E-state index in [1.807, 2.05) is 6.92 Å².